The highest BCUT2D eigenvalue weighted by molar-refractivity contribution is 6.22. The average molecular weight is 217 g/mol. The van der Waals surface area contributed by atoms with E-state index in [1.807, 2.05) is 0 Å². The van der Waals surface area contributed by atoms with Gasteiger partial charge in [-0.05, 0) is 18.6 Å². The van der Waals surface area contributed by atoms with Gasteiger partial charge in [0.25, 0.3) is 11.8 Å². The van der Waals surface area contributed by atoms with E-state index in [0.29, 0.717) is 23.1 Å². The van der Waals surface area contributed by atoms with Crippen LogP contribution in [-0.4, -0.2) is 28.9 Å². The molecular weight excluding hydrogens is 206 g/mol. The lowest BCUT2D eigenvalue weighted by Gasteiger charge is -2.06. The molecule has 0 saturated heterocycles. The van der Waals surface area contributed by atoms with E-state index >= 15 is 0 Å². The molecule has 0 unspecified atom stereocenters. The van der Waals surface area contributed by atoms with Crippen molar-refractivity contribution in [3.8, 4) is 5.75 Å². The van der Waals surface area contributed by atoms with Crippen molar-refractivity contribution >= 4 is 11.8 Å². The van der Waals surface area contributed by atoms with Crippen molar-refractivity contribution in [2.24, 2.45) is 0 Å². The molecule has 1 aliphatic rings. The highest BCUT2D eigenvalue weighted by Gasteiger charge is 2.35. The summed E-state index contributed by atoms with van der Waals surface area (Å²) >= 11 is 0. The highest BCUT2D eigenvalue weighted by atomic mass is 16.3. The van der Waals surface area contributed by atoms with Crippen molar-refractivity contribution in [1.82, 2.24) is 4.90 Å². The van der Waals surface area contributed by atoms with Crippen molar-refractivity contribution in [2.45, 2.75) is 6.42 Å². The number of aromatic hydroxyl groups is 1. The van der Waals surface area contributed by atoms with Gasteiger partial charge < -0.3 is 5.11 Å². The summed E-state index contributed by atoms with van der Waals surface area (Å²) in [5.41, 5.74) is 1.12. The second kappa shape index (κ2) is 3.48. The number of carbonyl (C=O) groups excluding carboxylic acids is 2. The molecule has 0 aromatic heterocycles. The number of fused-ring (bicyclic) bond motifs is 1. The Kier molecular flexibility index (Phi) is 2.27. The number of carbonyl (C=O) groups is 2. The number of phenols is 1. The summed E-state index contributed by atoms with van der Waals surface area (Å²) in [6.07, 6.45) is 1.95. The Bertz CT molecular complexity index is 505. The summed E-state index contributed by atoms with van der Waals surface area (Å²) in [6, 6.07) is 2.91. The lowest BCUT2D eigenvalue weighted by Crippen LogP contribution is -2.24. The number of imide groups is 1. The molecule has 2 rings (SSSR count). The Morgan fingerprint density at radius 2 is 2.06 bits per heavy atom. The monoisotopic (exact) mass is 217 g/mol. The minimum absolute atomic E-state index is 0.0232. The first-order valence-corrected chi connectivity index (χ1v) is 4.86. The molecule has 1 heterocycles. The van der Waals surface area contributed by atoms with Crippen molar-refractivity contribution in [2.75, 3.05) is 7.05 Å². The summed E-state index contributed by atoms with van der Waals surface area (Å²) in [4.78, 5) is 24.5. The number of hydrogen-bond donors (Lipinski definition) is 1. The number of allylic oxidation sites excluding steroid dienone is 1. The molecule has 2 amide bonds. The fraction of sp³-hybridized carbons (Fsp3) is 0.167. The molecule has 0 aliphatic carbocycles. The maximum atomic E-state index is 11.8. The van der Waals surface area contributed by atoms with Gasteiger partial charge in [-0.25, -0.2) is 0 Å². The van der Waals surface area contributed by atoms with Crippen molar-refractivity contribution < 1.29 is 14.7 Å². The number of amides is 2. The van der Waals surface area contributed by atoms with Crippen LogP contribution in [0.3, 0.4) is 0 Å². The Morgan fingerprint density at radius 3 is 2.69 bits per heavy atom. The van der Waals surface area contributed by atoms with Crippen LogP contribution in [0.25, 0.3) is 0 Å². The normalized spacial score (nSPS) is 14.2. The largest absolute Gasteiger partial charge is 0.508 e. The van der Waals surface area contributed by atoms with E-state index in [4.69, 9.17) is 0 Å². The molecule has 16 heavy (non-hydrogen) atoms. The first-order valence-electron chi connectivity index (χ1n) is 4.86. The first-order chi connectivity index (χ1) is 7.57. The van der Waals surface area contributed by atoms with E-state index < -0.39 is 0 Å². The molecule has 1 aromatic carbocycles. The fourth-order valence-electron chi connectivity index (χ4n) is 1.85. The van der Waals surface area contributed by atoms with Crippen molar-refractivity contribution in [1.29, 1.82) is 0 Å². The molecule has 1 aromatic rings. The maximum absolute atomic E-state index is 11.8. The van der Waals surface area contributed by atoms with E-state index in [1.54, 1.807) is 6.08 Å². The van der Waals surface area contributed by atoms with Gasteiger partial charge in [0.2, 0.25) is 0 Å². The third-order valence-corrected chi connectivity index (χ3v) is 2.69. The number of rotatable bonds is 2. The van der Waals surface area contributed by atoms with E-state index in [0.717, 1.165) is 4.90 Å². The molecule has 0 saturated carbocycles. The van der Waals surface area contributed by atoms with E-state index in [2.05, 4.69) is 6.58 Å². The van der Waals surface area contributed by atoms with Gasteiger partial charge in [0.15, 0.2) is 0 Å². The molecule has 4 nitrogen and oxygen atoms in total. The summed E-state index contributed by atoms with van der Waals surface area (Å²) in [7, 11) is 1.43. The van der Waals surface area contributed by atoms with Crippen LogP contribution in [0.1, 0.15) is 26.3 Å². The van der Waals surface area contributed by atoms with Crippen LogP contribution in [0.15, 0.2) is 24.8 Å². The Balaban J connectivity index is 2.70. The molecule has 0 bridgehead atoms. The van der Waals surface area contributed by atoms with Gasteiger partial charge in [-0.15, -0.1) is 6.58 Å². The summed E-state index contributed by atoms with van der Waals surface area (Å²) in [6.45, 7) is 3.56. The van der Waals surface area contributed by atoms with E-state index in [9.17, 15) is 14.7 Å². The number of benzene rings is 1. The van der Waals surface area contributed by atoms with Crippen LogP contribution in [0.2, 0.25) is 0 Å². The van der Waals surface area contributed by atoms with Gasteiger partial charge in [0, 0.05) is 12.6 Å². The van der Waals surface area contributed by atoms with Crippen LogP contribution >= 0.6 is 0 Å². The molecule has 0 fully saturated rings. The Hall–Kier alpha value is -2.10. The van der Waals surface area contributed by atoms with E-state index in [1.165, 1.54) is 19.2 Å². The SMILES string of the molecule is C=CCc1c(O)ccc2c1C(=O)N(C)C2=O. The molecule has 0 spiro atoms. The summed E-state index contributed by atoms with van der Waals surface area (Å²) in [5.74, 6) is -0.673. The second-order valence-corrected chi connectivity index (χ2v) is 3.65. The zero-order chi connectivity index (χ0) is 11.9. The van der Waals surface area contributed by atoms with Crippen LogP contribution in [0, 0.1) is 0 Å². The second-order valence-electron chi connectivity index (χ2n) is 3.65. The predicted octanol–water partition coefficient (Wildman–Crippen LogP) is 1.35. The third-order valence-electron chi connectivity index (χ3n) is 2.69. The number of nitrogens with zero attached hydrogens (tertiary/aromatic N) is 1. The van der Waals surface area contributed by atoms with Crippen LogP contribution < -0.4 is 0 Å². The molecule has 4 heteroatoms. The Morgan fingerprint density at radius 1 is 1.38 bits per heavy atom. The molecule has 82 valence electrons. The Labute approximate surface area is 92.8 Å². The highest BCUT2D eigenvalue weighted by Crippen LogP contribution is 2.31. The van der Waals surface area contributed by atoms with E-state index in [-0.39, 0.29) is 17.6 Å². The smallest absolute Gasteiger partial charge is 0.261 e. The zero-order valence-corrected chi connectivity index (χ0v) is 8.86. The standard InChI is InChI=1S/C12H11NO3/c1-3-4-7-9(14)6-5-8-10(7)12(16)13(2)11(8)15/h3,5-6,14H,1,4H2,2H3. The molecule has 1 N–H and O–H groups in total. The minimum Gasteiger partial charge on any atom is -0.508 e. The predicted molar refractivity (Wildman–Crippen MR) is 58.4 cm³/mol. The molecular formula is C12H11NO3. The molecule has 1 aliphatic heterocycles. The number of phenolic OH excluding ortho intramolecular Hbond substituents is 1. The average Bonchev–Trinajstić information content (AvgIpc) is 2.48. The number of hydrogen-bond acceptors (Lipinski definition) is 3. The van der Waals surface area contributed by atoms with Gasteiger partial charge >= 0.3 is 0 Å². The topological polar surface area (TPSA) is 57.6 Å². The van der Waals surface area contributed by atoms with Crippen molar-refractivity contribution in [3.63, 3.8) is 0 Å². The lowest BCUT2D eigenvalue weighted by atomic mass is 9.99. The van der Waals surface area contributed by atoms with Crippen LogP contribution in [0.5, 0.6) is 5.75 Å². The zero-order valence-electron chi connectivity index (χ0n) is 8.86. The molecule has 0 radical (unpaired) electrons. The summed E-state index contributed by atoms with van der Waals surface area (Å²) in [5, 5.41) is 9.67. The van der Waals surface area contributed by atoms with Gasteiger partial charge in [0.1, 0.15) is 5.75 Å². The van der Waals surface area contributed by atoms with Crippen LogP contribution in [-0.2, 0) is 6.42 Å². The first kappa shape index (κ1) is 10.4. The third kappa shape index (κ3) is 1.23. The van der Waals surface area contributed by atoms with Gasteiger partial charge in [0.05, 0.1) is 11.1 Å². The molecule has 0 atom stereocenters. The van der Waals surface area contributed by atoms with Crippen molar-refractivity contribution in [3.05, 3.63) is 41.5 Å². The lowest BCUT2D eigenvalue weighted by molar-refractivity contribution is 0.0692. The fourth-order valence-corrected chi connectivity index (χ4v) is 1.85. The quantitative estimate of drug-likeness (QED) is 0.601. The van der Waals surface area contributed by atoms with Crippen LogP contribution in [0.4, 0.5) is 0 Å². The van der Waals surface area contributed by atoms with Gasteiger partial charge in [-0.2, -0.15) is 0 Å². The summed E-state index contributed by atoms with van der Waals surface area (Å²) < 4.78 is 0. The maximum Gasteiger partial charge on any atom is 0.261 e. The van der Waals surface area contributed by atoms with Gasteiger partial charge in [-0.1, -0.05) is 6.08 Å². The minimum atomic E-state index is -0.368. The van der Waals surface area contributed by atoms with Gasteiger partial charge in [-0.3, -0.25) is 14.5 Å².